The first-order valence-corrected chi connectivity index (χ1v) is 8.15. The number of carbonyl (C=O) groups excluding carboxylic acids is 1. The summed E-state index contributed by atoms with van der Waals surface area (Å²) in [6, 6.07) is 6.47. The van der Waals surface area contributed by atoms with Crippen molar-refractivity contribution in [1.82, 2.24) is 20.5 Å². The molecule has 0 bridgehead atoms. The van der Waals surface area contributed by atoms with Gasteiger partial charge in [-0.15, -0.1) is 0 Å². The molecule has 3 N–H and O–H groups in total. The monoisotopic (exact) mass is 372 g/mol. The summed E-state index contributed by atoms with van der Waals surface area (Å²) in [5.41, 5.74) is -0.0481. The van der Waals surface area contributed by atoms with Crippen LogP contribution in [0, 0.1) is 11.6 Å². The predicted molar refractivity (Wildman–Crippen MR) is 98.5 cm³/mol. The Hall–Kier alpha value is -3.36. The Labute approximate surface area is 153 Å². The zero-order valence-electron chi connectivity index (χ0n) is 15.0. The van der Waals surface area contributed by atoms with Gasteiger partial charge in [-0.25, -0.2) is 18.8 Å². The second-order valence-electron chi connectivity index (χ2n) is 6.81. The van der Waals surface area contributed by atoms with E-state index in [-0.39, 0.29) is 11.5 Å². The second-order valence-corrected chi connectivity index (χ2v) is 6.81. The lowest BCUT2D eigenvalue weighted by molar-refractivity contribution is 0.0976. The number of aliphatic imine (C=N–C) groups is 1. The van der Waals surface area contributed by atoms with E-state index in [9.17, 15) is 13.6 Å². The van der Waals surface area contributed by atoms with Gasteiger partial charge in [-0.3, -0.25) is 15.2 Å². The van der Waals surface area contributed by atoms with Crippen LogP contribution < -0.4 is 10.6 Å². The zero-order chi connectivity index (χ0) is 19.6. The Morgan fingerprint density at radius 2 is 1.96 bits per heavy atom. The Kier molecular flexibility index (Phi) is 4.85. The number of anilines is 1. The zero-order valence-corrected chi connectivity index (χ0v) is 15.0. The van der Waals surface area contributed by atoms with Crippen molar-refractivity contribution in [3.05, 3.63) is 53.7 Å². The third kappa shape index (κ3) is 4.43. The summed E-state index contributed by atoms with van der Waals surface area (Å²) in [4.78, 5) is 21.0. The van der Waals surface area contributed by atoms with E-state index in [2.05, 4.69) is 30.8 Å². The fraction of sp³-hybridized carbons (Fsp3) is 0.222. The smallest absolute Gasteiger partial charge is 0.258 e. The number of nitrogens with zero attached hydrogens (tertiary/aromatic N) is 3. The fourth-order valence-corrected chi connectivity index (χ4v) is 2.30. The highest BCUT2D eigenvalue weighted by atomic mass is 19.2. The van der Waals surface area contributed by atoms with Crippen molar-refractivity contribution in [2.45, 2.75) is 26.3 Å². The predicted octanol–water partition coefficient (Wildman–Crippen LogP) is 3.23. The number of benzene rings is 1. The molecule has 0 saturated heterocycles. The summed E-state index contributed by atoms with van der Waals surface area (Å²) >= 11 is 0. The number of amides is 1. The minimum atomic E-state index is -1.10. The minimum absolute atomic E-state index is 0.0338. The molecule has 0 unspecified atom stereocenters. The maximum atomic E-state index is 13.4. The number of rotatable bonds is 2. The van der Waals surface area contributed by atoms with Gasteiger partial charge in [-0.05, 0) is 51.1 Å². The van der Waals surface area contributed by atoms with Crippen molar-refractivity contribution in [2.75, 3.05) is 5.32 Å². The van der Waals surface area contributed by atoms with Crippen LogP contribution in [0.2, 0.25) is 0 Å². The van der Waals surface area contributed by atoms with Crippen molar-refractivity contribution >= 4 is 28.7 Å². The second kappa shape index (κ2) is 7.10. The standard InChI is InChI=1S/C18H18F2N6O/c1-18(2,3)24-17(22-15-11-5-4-8-21-14(11)25-26-15)23-16(27)10-6-7-12(19)13(20)9-10/h4-9H,1-3H3,(H3,21,22,23,24,25,26,27). The molecule has 9 heteroatoms. The highest BCUT2D eigenvalue weighted by molar-refractivity contribution is 6.11. The molecule has 2 heterocycles. The van der Waals surface area contributed by atoms with Gasteiger partial charge in [0.05, 0.1) is 10.9 Å². The number of halogens is 2. The maximum absolute atomic E-state index is 13.4. The number of fused-ring (bicyclic) bond motifs is 1. The van der Waals surface area contributed by atoms with Gasteiger partial charge in [-0.1, -0.05) is 0 Å². The van der Waals surface area contributed by atoms with Crippen LogP contribution in [0.15, 0.2) is 41.5 Å². The summed E-state index contributed by atoms with van der Waals surface area (Å²) in [6.07, 6.45) is 1.61. The van der Waals surface area contributed by atoms with Gasteiger partial charge in [0.25, 0.3) is 5.91 Å². The van der Waals surface area contributed by atoms with E-state index >= 15 is 0 Å². The Morgan fingerprint density at radius 1 is 1.19 bits per heavy atom. The maximum Gasteiger partial charge on any atom is 0.258 e. The molecule has 0 aliphatic heterocycles. The molecule has 0 fully saturated rings. The molecule has 0 radical (unpaired) electrons. The molecular weight excluding hydrogens is 354 g/mol. The molecule has 0 aliphatic rings. The molecule has 0 saturated carbocycles. The summed E-state index contributed by atoms with van der Waals surface area (Å²) in [5.74, 6) is -2.13. The van der Waals surface area contributed by atoms with E-state index in [1.807, 2.05) is 20.8 Å². The van der Waals surface area contributed by atoms with Crippen LogP contribution in [0.3, 0.4) is 0 Å². The van der Waals surface area contributed by atoms with Crippen molar-refractivity contribution in [1.29, 1.82) is 0 Å². The quantitative estimate of drug-likeness (QED) is 0.475. The average Bonchev–Trinajstić information content (AvgIpc) is 2.99. The number of guanidine groups is 1. The topological polar surface area (TPSA) is 95.1 Å². The number of H-pyrrole nitrogens is 1. The van der Waals surface area contributed by atoms with Crippen molar-refractivity contribution in [3.8, 4) is 0 Å². The summed E-state index contributed by atoms with van der Waals surface area (Å²) in [7, 11) is 0. The lowest BCUT2D eigenvalue weighted by Crippen LogP contribution is -2.38. The molecule has 0 aliphatic carbocycles. The molecule has 3 rings (SSSR count). The fourth-order valence-electron chi connectivity index (χ4n) is 2.30. The normalized spacial score (nSPS) is 12.3. The SMILES string of the molecule is CC(C)(C)N=C(NC(=O)c1ccc(F)c(F)c1)Nc1[nH]nc2ncccc12. The molecule has 0 atom stereocenters. The molecule has 1 aromatic carbocycles. The van der Waals surface area contributed by atoms with Gasteiger partial charge in [0.15, 0.2) is 17.3 Å². The van der Waals surface area contributed by atoms with Crippen molar-refractivity contribution in [2.24, 2.45) is 4.99 Å². The molecule has 27 heavy (non-hydrogen) atoms. The number of pyridine rings is 1. The molecule has 3 aromatic rings. The van der Waals surface area contributed by atoms with Crippen LogP contribution in [0.5, 0.6) is 0 Å². The molecule has 0 spiro atoms. The Bertz CT molecular complexity index is 1020. The molecule has 1 amide bonds. The van der Waals surface area contributed by atoms with Gasteiger partial charge in [0.1, 0.15) is 5.82 Å². The Balaban J connectivity index is 1.89. The first-order valence-electron chi connectivity index (χ1n) is 8.15. The van der Waals surface area contributed by atoms with Gasteiger partial charge in [-0.2, -0.15) is 5.10 Å². The van der Waals surface area contributed by atoms with E-state index in [0.29, 0.717) is 16.9 Å². The van der Waals surface area contributed by atoms with Crippen LogP contribution in [0.25, 0.3) is 11.0 Å². The molecule has 140 valence electrons. The summed E-state index contributed by atoms with van der Waals surface area (Å²) in [5, 5.41) is 13.1. The van der Waals surface area contributed by atoms with Crippen LogP contribution in [-0.2, 0) is 0 Å². The van der Waals surface area contributed by atoms with E-state index in [1.54, 1.807) is 18.3 Å². The van der Waals surface area contributed by atoms with Crippen LogP contribution >= 0.6 is 0 Å². The first kappa shape index (κ1) is 18.4. The largest absolute Gasteiger partial charge is 0.310 e. The number of aromatic amines is 1. The highest BCUT2D eigenvalue weighted by Crippen LogP contribution is 2.18. The average molecular weight is 372 g/mol. The van der Waals surface area contributed by atoms with Gasteiger partial charge < -0.3 is 5.32 Å². The lowest BCUT2D eigenvalue weighted by Gasteiger charge is -2.17. The van der Waals surface area contributed by atoms with Crippen molar-refractivity contribution < 1.29 is 13.6 Å². The molecule has 2 aromatic heterocycles. The number of carbonyl (C=O) groups is 1. The number of hydrogen-bond acceptors (Lipinski definition) is 4. The van der Waals surface area contributed by atoms with E-state index in [0.717, 1.165) is 12.1 Å². The summed E-state index contributed by atoms with van der Waals surface area (Å²) in [6.45, 7) is 5.56. The molecule has 7 nitrogen and oxygen atoms in total. The van der Waals surface area contributed by atoms with E-state index in [4.69, 9.17) is 0 Å². The van der Waals surface area contributed by atoms with Crippen molar-refractivity contribution in [3.63, 3.8) is 0 Å². The van der Waals surface area contributed by atoms with Crippen LogP contribution in [0.4, 0.5) is 14.6 Å². The van der Waals surface area contributed by atoms with Gasteiger partial charge in [0.2, 0.25) is 5.96 Å². The number of nitrogens with one attached hydrogen (secondary N) is 3. The van der Waals surface area contributed by atoms with E-state index in [1.165, 1.54) is 6.07 Å². The van der Waals surface area contributed by atoms with Gasteiger partial charge in [0, 0.05) is 11.8 Å². The van der Waals surface area contributed by atoms with E-state index < -0.39 is 23.1 Å². The van der Waals surface area contributed by atoms with Crippen LogP contribution in [0.1, 0.15) is 31.1 Å². The lowest BCUT2D eigenvalue weighted by atomic mass is 10.1. The van der Waals surface area contributed by atoms with Gasteiger partial charge >= 0.3 is 0 Å². The highest BCUT2D eigenvalue weighted by Gasteiger charge is 2.17. The third-order valence-corrected chi connectivity index (χ3v) is 3.43. The number of hydrogen-bond donors (Lipinski definition) is 3. The van der Waals surface area contributed by atoms with Crippen LogP contribution in [-0.4, -0.2) is 32.6 Å². The first-order chi connectivity index (χ1) is 12.7. The molecular formula is C18H18F2N6O. The summed E-state index contributed by atoms with van der Waals surface area (Å²) < 4.78 is 26.5. The number of aromatic nitrogens is 3. The third-order valence-electron chi connectivity index (χ3n) is 3.43. The Morgan fingerprint density at radius 3 is 2.67 bits per heavy atom. The minimum Gasteiger partial charge on any atom is -0.310 e.